The summed E-state index contributed by atoms with van der Waals surface area (Å²) in [6, 6.07) is 4.95. The van der Waals surface area contributed by atoms with Crippen molar-refractivity contribution in [1.29, 1.82) is 0 Å². The molecule has 2 aromatic rings. The van der Waals surface area contributed by atoms with Crippen molar-refractivity contribution in [2.75, 3.05) is 6.54 Å². The SMILES string of the molecule is Cc1ccc(O)c(C(=O)NCCCc2ncn[nH]2)c1. The highest BCUT2D eigenvalue weighted by atomic mass is 16.3. The summed E-state index contributed by atoms with van der Waals surface area (Å²) in [5.41, 5.74) is 1.24. The van der Waals surface area contributed by atoms with E-state index in [1.165, 1.54) is 12.4 Å². The van der Waals surface area contributed by atoms with Crippen molar-refractivity contribution in [2.45, 2.75) is 19.8 Å². The molecule has 0 saturated carbocycles. The molecule has 1 heterocycles. The number of benzene rings is 1. The summed E-state index contributed by atoms with van der Waals surface area (Å²) in [7, 11) is 0. The number of aromatic nitrogens is 3. The Morgan fingerprint density at radius 1 is 1.47 bits per heavy atom. The average Bonchev–Trinajstić information content (AvgIpc) is 2.90. The topological polar surface area (TPSA) is 90.9 Å². The molecular weight excluding hydrogens is 244 g/mol. The number of amides is 1. The molecule has 19 heavy (non-hydrogen) atoms. The normalized spacial score (nSPS) is 10.4. The number of phenolic OH excluding ortho intramolecular Hbond substituents is 1. The third-order valence-electron chi connectivity index (χ3n) is 2.74. The molecule has 6 heteroatoms. The number of aryl methyl sites for hydroxylation is 2. The highest BCUT2D eigenvalue weighted by Gasteiger charge is 2.10. The molecule has 0 bridgehead atoms. The number of H-pyrrole nitrogens is 1. The molecule has 0 aliphatic carbocycles. The Balaban J connectivity index is 1.82. The maximum absolute atomic E-state index is 11.9. The third-order valence-corrected chi connectivity index (χ3v) is 2.74. The van der Waals surface area contributed by atoms with Gasteiger partial charge in [-0.15, -0.1) is 0 Å². The lowest BCUT2D eigenvalue weighted by Gasteiger charge is -2.07. The first-order valence-corrected chi connectivity index (χ1v) is 6.09. The van der Waals surface area contributed by atoms with Gasteiger partial charge in [-0.2, -0.15) is 5.10 Å². The second-order valence-electron chi connectivity index (χ2n) is 4.31. The average molecular weight is 260 g/mol. The Hall–Kier alpha value is -2.37. The quantitative estimate of drug-likeness (QED) is 0.704. The standard InChI is InChI=1S/C13H16N4O2/c1-9-4-5-11(18)10(7-9)13(19)14-6-2-3-12-15-8-16-17-12/h4-5,7-8,18H,2-3,6H2,1H3,(H,14,19)(H,15,16,17). The Morgan fingerprint density at radius 2 is 2.32 bits per heavy atom. The van der Waals surface area contributed by atoms with E-state index in [2.05, 4.69) is 20.5 Å². The van der Waals surface area contributed by atoms with Crippen LogP contribution in [0.3, 0.4) is 0 Å². The highest BCUT2D eigenvalue weighted by Crippen LogP contribution is 2.17. The first-order chi connectivity index (χ1) is 9.16. The van der Waals surface area contributed by atoms with E-state index in [0.29, 0.717) is 12.1 Å². The van der Waals surface area contributed by atoms with E-state index in [0.717, 1.165) is 24.2 Å². The number of carbonyl (C=O) groups excluding carboxylic acids is 1. The van der Waals surface area contributed by atoms with Gasteiger partial charge in [0.05, 0.1) is 5.56 Å². The van der Waals surface area contributed by atoms with Gasteiger partial charge in [0.1, 0.15) is 17.9 Å². The minimum Gasteiger partial charge on any atom is -0.507 e. The van der Waals surface area contributed by atoms with Crippen molar-refractivity contribution < 1.29 is 9.90 Å². The lowest BCUT2D eigenvalue weighted by molar-refractivity contribution is 0.0950. The fourth-order valence-corrected chi connectivity index (χ4v) is 1.74. The van der Waals surface area contributed by atoms with Gasteiger partial charge in [0.15, 0.2) is 0 Å². The summed E-state index contributed by atoms with van der Waals surface area (Å²) in [5.74, 6) is 0.532. The molecule has 0 unspecified atom stereocenters. The van der Waals surface area contributed by atoms with Crippen LogP contribution < -0.4 is 5.32 Å². The molecule has 3 N–H and O–H groups in total. The van der Waals surface area contributed by atoms with E-state index < -0.39 is 0 Å². The second-order valence-corrected chi connectivity index (χ2v) is 4.31. The van der Waals surface area contributed by atoms with Gasteiger partial charge in [-0.05, 0) is 25.5 Å². The van der Waals surface area contributed by atoms with Crippen molar-refractivity contribution in [1.82, 2.24) is 20.5 Å². The van der Waals surface area contributed by atoms with Crippen LogP contribution in [0, 0.1) is 6.92 Å². The fourth-order valence-electron chi connectivity index (χ4n) is 1.74. The largest absolute Gasteiger partial charge is 0.507 e. The maximum atomic E-state index is 11.9. The van der Waals surface area contributed by atoms with Crippen LogP contribution in [0.4, 0.5) is 0 Å². The smallest absolute Gasteiger partial charge is 0.255 e. The molecule has 1 amide bonds. The van der Waals surface area contributed by atoms with Crippen LogP contribution in [-0.2, 0) is 6.42 Å². The number of phenols is 1. The van der Waals surface area contributed by atoms with Crippen LogP contribution >= 0.6 is 0 Å². The summed E-state index contributed by atoms with van der Waals surface area (Å²) in [6.45, 7) is 2.40. The van der Waals surface area contributed by atoms with Gasteiger partial charge >= 0.3 is 0 Å². The molecule has 0 atom stereocenters. The summed E-state index contributed by atoms with van der Waals surface area (Å²) >= 11 is 0. The van der Waals surface area contributed by atoms with Crippen LogP contribution in [0.1, 0.15) is 28.2 Å². The number of hydrogen-bond acceptors (Lipinski definition) is 4. The Morgan fingerprint density at radius 3 is 3.05 bits per heavy atom. The third kappa shape index (κ3) is 3.54. The van der Waals surface area contributed by atoms with Crippen LogP contribution in [0.5, 0.6) is 5.75 Å². The van der Waals surface area contributed by atoms with Crippen LogP contribution in [0.2, 0.25) is 0 Å². The Bertz CT molecular complexity index is 552. The first-order valence-electron chi connectivity index (χ1n) is 6.09. The van der Waals surface area contributed by atoms with Crippen molar-refractivity contribution in [3.8, 4) is 5.75 Å². The van der Waals surface area contributed by atoms with Crippen LogP contribution in [0.15, 0.2) is 24.5 Å². The minimum absolute atomic E-state index is 0.00154. The number of nitrogens with zero attached hydrogens (tertiary/aromatic N) is 2. The summed E-state index contributed by atoms with van der Waals surface area (Å²) in [5, 5.41) is 18.9. The second kappa shape index (κ2) is 5.99. The zero-order valence-electron chi connectivity index (χ0n) is 10.7. The van der Waals surface area contributed by atoms with E-state index in [-0.39, 0.29) is 11.7 Å². The van der Waals surface area contributed by atoms with Gasteiger partial charge in [-0.1, -0.05) is 11.6 Å². The fraction of sp³-hybridized carbons (Fsp3) is 0.308. The maximum Gasteiger partial charge on any atom is 0.255 e. The van der Waals surface area contributed by atoms with Gasteiger partial charge in [0, 0.05) is 13.0 Å². The molecule has 0 radical (unpaired) electrons. The van der Waals surface area contributed by atoms with E-state index in [1.54, 1.807) is 12.1 Å². The monoisotopic (exact) mass is 260 g/mol. The molecule has 0 saturated heterocycles. The number of aromatic amines is 1. The minimum atomic E-state index is -0.265. The molecule has 0 aliphatic heterocycles. The van der Waals surface area contributed by atoms with E-state index in [4.69, 9.17) is 0 Å². The van der Waals surface area contributed by atoms with Crippen molar-refractivity contribution in [3.63, 3.8) is 0 Å². The molecule has 0 fully saturated rings. The highest BCUT2D eigenvalue weighted by molar-refractivity contribution is 5.96. The predicted molar refractivity (Wildman–Crippen MR) is 69.9 cm³/mol. The van der Waals surface area contributed by atoms with Gasteiger partial charge in [-0.3, -0.25) is 9.89 Å². The van der Waals surface area contributed by atoms with E-state index in [1.807, 2.05) is 6.92 Å². The zero-order chi connectivity index (χ0) is 13.7. The molecule has 0 aliphatic rings. The lowest BCUT2D eigenvalue weighted by Crippen LogP contribution is -2.25. The predicted octanol–water partition coefficient (Wildman–Crippen LogP) is 1.18. The molecule has 2 rings (SSSR count). The molecule has 100 valence electrons. The number of carbonyl (C=O) groups is 1. The van der Waals surface area contributed by atoms with Gasteiger partial charge in [0.25, 0.3) is 5.91 Å². The molecule has 1 aromatic heterocycles. The number of hydrogen-bond donors (Lipinski definition) is 3. The zero-order valence-corrected chi connectivity index (χ0v) is 10.7. The van der Waals surface area contributed by atoms with Crippen LogP contribution in [-0.4, -0.2) is 32.7 Å². The number of nitrogens with one attached hydrogen (secondary N) is 2. The van der Waals surface area contributed by atoms with Crippen LogP contribution in [0.25, 0.3) is 0 Å². The molecule has 1 aromatic carbocycles. The van der Waals surface area contributed by atoms with E-state index in [9.17, 15) is 9.90 Å². The number of rotatable bonds is 5. The molecule has 6 nitrogen and oxygen atoms in total. The molecular formula is C13H16N4O2. The summed E-state index contributed by atoms with van der Waals surface area (Å²) in [6.07, 6.45) is 2.94. The van der Waals surface area contributed by atoms with Gasteiger partial charge in [0.2, 0.25) is 0 Å². The van der Waals surface area contributed by atoms with Gasteiger partial charge in [-0.25, -0.2) is 4.98 Å². The summed E-state index contributed by atoms with van der Waals surface area (Å²) in [4.78, 5) is 15.9. The Labute approximate surface area is 110 Å². The first kappa shape index (κ1) is 13.1. The van der Waals surface area contributed by atoms with Gasteiger partial charge < -0.3 is 10.4 Å². The van der Waals surface area contributed by atoms with Crippen molar-refractivity contribution in [3.05, 3.63) is 41.5 Å². The summed E-state index contributed by atoms with van der Waals surface area (Å²) < 4.78 is 0. The van der Waals surface area contributed by atoms with E-state index >= 15 is 0 Å². The Kier molecular flexibility index (Phi) is 4.12. The molecule has 0 spiro atoms. The lowest BCUT2D eigenvalue weighted by atomic mass is 10.1. The van der Waals surface area contributed by atoms with Crippen molar-refractivity contribution >= 4 is 5.91 Å². The number of aromatic hydroxyl groups is 1. The van der Waals surface area contributed by atoms with Crippen molar-refractivity contribution in [2.24, 2.45) is 0 Å².